The van der Waals surface area contributed by atoms with Crippen LogP contribution >= 0.6 is 11.3 Å². The fourth-order valence-corrected chi connectivity index (χ4v) is 4.47. The number of hydrogen-bond donors (Lipinski definition) is 1. The zero-order valence-electron chi connectivity index (χ0n) is 17.4. The first-order valence-corrected chi connectivity index (χ1v) is 12.1. The minimum absolute atomic E-state index is 0.129. The minimum atomic E-state index is -3.66. The van der Waals surface area contributed by atoms with Gasteiger partial charge in [0.2, 0.25) is 10.0 Å². The summed E-state index contributed by atoms with van der Waals surface area (Å²) in [6.07, 6.45) is 0.948. The van der Waals surface area contributed by atoms with Gasteiger partial charge in [0.15, 0.2) is 5.13 Å². The fraction of sp³-hybridized carbons (Fsp3) is 0.350. The zero-order valence-corrected chi connectivity index (χ0v) is 19.0. The fourth-order valence-electron chi connectivity index (χ4n) is 3.11. The molecule has 0 spiro atoms. The van der Waals surface area contributed by atoms with Crippen molar-refractivity contribution in [3.8, 4) is 0 Å². The van der Waals surface area contributed by atoms with Gasteiger partial charge in [-0.15, -0.1) is 11.3 Å². The van der Waals surface area contributed by atoms with Crippen molar-refractivity contribution < 1.29 is 13.2 Å². The molecule has 1 aromatic carbocycles. The molecule has 1 amide bonds. The normalized spacial score (nSPS) is 11.5. The van der Waals surface area contributed by atoms with E-state index in [1.165, 1.54) is 11.3 Å². The summed E-state index contributed by atoms with van der Waals surface area (Å²) >= 11 is 1.37. The lowest BCUT2D eigenvalue weighted by atomic mass is 10.2. The summed E-state index contributed by atoms with van der Waals surface area (Å²) in [6, 6.07) is 12.0. The summed E-state index contributed by atoms with van der Waals surface area (Å²) in [7, 11) is -3.66. The quantitative estimate of drug-likeness (QED) is 0.570. The number of thiazole rings is 1. The molecule has 0 aliphatic carbocycles. The molecule has 0 unspecified atom stereocenters. The molecule has 0 saturated heterocycles. The van der Waals surface area contributed by atoms with Gasteiger partial charge in [-0.25, -0.2) is 18.1 Å². The topological polar surface area (TPSA) is 97.2 Å². The van der Waals surface area contributed by atoms with Crippen LogP contribution < -0.4 is 9.62 Å². The molecule has 3 rings (SSSR count). The van der Waals surface area contributed by atoms with Gasteiger partial charge in [0.1, 0.15) is 5.69 Å². The highest BCUT2D eigenvalue weighted by Gasteiger charge is 2.21. The second-order valence-electron chi connectivity index (χ2n) is 7.16. The molecule has 160 valence electrons. The highest BCUT2D eigenvalue weighted by atomic mass is 32.2. The van der Waals surface area contributed by atoms with Crippen LogP contribution in [0.1, 0.15) is 32.3 Å². The molecule has 2 aromatic heterocycles. The number of benzene rings is 1. The summed E-state index contributed by atoms with van der Waals surface area (Å²) < 4.78 is 26.8. The van der Waals surface area contributed by atoms with Crippen molar-refractivity contribution in [2.45, 2.75) is 33.9 Å². The van der Waals surface area contributed by atoms with Gasteiger partial charge in [-0.1, -0.05) is 30.3 Å². The molecular formula is C20H25N5O3S2. The standard InChI is InChI=1S/C20H25N5O3S2/c1-14-12-15(2)25(22-14)11-10-24(13-17-8-6-5-7-9-17)20-21-18(16(3)29-20)19(26)23-30(4,27)28/h5-9,12H,10-11,13H2,1-4H3,(H,23,26). The van der Waals surface area contributed by atoms with Crippen LogP contribution in [0.25, 0.3) is 0 Å². The highest BCUT2D eigenvalue weighted by Crippen LogP contribution is 2.27. The maximum Gasteiger partial charge on any atom is 0.284 e. The van der Waals surface area contributed by atoms with E-state index in [2.05, 4.69) is 15.0 Å². The molecule has 0 bridgehead atoms. The summed E-state index contributed by atoms with van der Waals surface area (Å²) in [5.74, 6) is -0.712. The van der Waals surface area contributed by atoms with E-state index >= 15 is 0 Å². The molecule has 0 aliphatic heterocycles. The van der Waals surface area contributed by atoms with E-state index in [9.17, 15) is 13.2 Å². The van der Waals surface area contributed by atoms with Crippen LogP contribution in [0.2, 0.25) is 0 Å². The predicted octanol–water partition coefficient (Wildman–Crippen LogP) is 2.66. The number of nitrogens with zero attached hydrogens (tertiary/aromatic N) is 4. The van der Waals surface area contributed by atoms with Crippen LogP contribution in [0, 0.1) is 20.8 Å². The van der Waals surface area contributed by atoms with Gasteiger partial charge in [-0.05, 0) is 32.4 Å². The Labute approximate surface area is 180 Å². The Balaban J connectivity index is 1.86. The van der Waals surface area contributed by atoms with Crippen LogP contribution in [0.4, 0.5) is 5.13 Å². The summed E-state index contributed by atoms with van der Waals surface area (Å²) in [6.45, 7) is 7.65. The third-order valence-electron chi connectivity index (χ3n) is 4.45. The lowest BCUT2D eigenvalue weighted by molar-refractivity contribution is 0.0977. The maximum absolute atomic E-state index is 12.3. The van der Waals surface area contributed by atoms with E-state index in [1.54, 1.807) is 6.92 Å². The second-order valence-corrected chi connectivity index (χ2v) is 10.1. The van der Waals surface area contributed by atoms with Crippen molar-refractivity contribution in [1.29, 1.82) is 0 Å². The number of sulfonamides is 1. The average Bonchev–Trinajstić information content (AvgIpc) is 3.19. The number of aryl methyl sites for hydroxylation is 3. The molecule has 0 radical (unpaired) electrons. The Bertz CT molecular complexity index is 1140. The lowest BCUT2D eigenvalue weighted by Crippen LogP contribution is -2.30. The van der Waals surface area contributed by atoms with E-state index in [0.29, 0.717) is 29.6 Å². The number of carbonyl (C=O) groups excluding carboxylic acids is 1. The van der Waals surface area contributed by atoms with Gasteiger partial charge in [0, 0.05) is 23.7 Å². The predicted molar refractivity (Wildman–Crippen MR) is 118 cm³/mol. The Kier molecular flexibility index (Phi) is 6.57. The van der Waals surface area contributed by atoms with Crippen LogP contribution in [0.3, 0.4) is 0 Å². The molecule has 30 heavy (non-hydrogen) atoms. The number of carbonyl (C=O) groups is 1. The van der Waals surface area contributed by atoms with Crippen LogP contribution in [-0.4, -0.2) is 41.9 Å². The molecule has 0 aliphatic rings. The van der Waals surface area contributed by atoms with Gasteiger partial charge >= 0.3 is 0 Å². The third kappa shape index (κ3) is 5.67. The van der Waals surface area contributed by atoms with Gasteiger partial charge in [-0.2, -0.15) is 5.10 Å². The first kappa shape index (κ1) is 22.0. The summed E-state index contributed by atoms with van der Waals surface area (Å²) in [4.78, 5) is 19.5. The van der Waals surface area contributed by atoms with Crippen LogP contribution in [0.15, 0.2) is 36.4 Å². The number of amides is 1. The second kappa shape index (κ2) is 8.97. The van der Waals surface area contributed by atoms with E-state index in [0.717, 1.165) is 23.2 Å². The van der Waals surface area contributed by atoms with Gasteiger partial charge in [0.05, 0.1) is 18.5 Å². The number of hydrogen-bond acceptors (Lipinski definition) is 7. The van der Waals surface area contributed by atoms with Crippen molar-refractivity contribution in [3.05, 3.63) is 63.9 Å². The maximum atomic E-state index is 12.3. The van der Waals surface area contributed by atoms with Gasteiger partial charge in [-0.3, -0.25) is 9.48 Å². The average molecular weight is 448 g/mol. The monoisotopic (exact) mass is 447 g/mol. The van der Waals surface area contributed by atoms with E-state index in [-0.39, 0.29) is 5.69 Å². The first-order chi connectivity index (χ1) is 14.1. The Morgan fingerprint density at radius 1 is 1.20 bits per heavy atom. The molecule has 0 fully saturated rings. The van der Waals surface area contributed by atoms with E-state index < -0.39 is 15.9 Å². The Morgan fingerprint density at radius 2 is 1.90 bits per heavy atom. The van der Waals surface area contributed by atoms with E-state index in [1.807, 2.05) is 59.6 Å². The van der Waals surface area contributed by atoms with Gasteiger partial charge in [0.25, 0.3) is 5.91 Å². The smallest absolute Gasteiger partial charge is 0.284 e. The zero-order chi connectivity index (χ0) is 21.9. The largest absolute Gasteiger partial charge is 0.342 e. The molecular weight excluding hydrogens is 422 g/mol. The van der Waals surface area contributed by atoms with Crippen LogP contribution in [-0.2, 0) is 23.1 Å². The Morgan fingerprint density at radius 3 is 2.50 bits per heavy atom. The molecule has 3 aromatic rings. The first-order valence-electron chi connectivity index (χ1n) is 9.42. The molecule has 8 nitrogen and oxygen atoms in total. The molecule has 10 heteroatoms. The lowest BCUT2D eigenvalue weighted by Gasteiger charge is -2.22. The molecule has 1 N–H and O–H groups in total. The minimum Gasteiger partial charge on any atom is -0.342 e. The molecule has 2 heterocycles. The Hall–Kier alpha value is -2.72. The van der Waals surface area contributed by atoms with Crippen molar-refractivity contribution in [1.82, 2.24) is 19.5 Å². The number of nitrogens with one attached hydrogen (secondary N) is 1. The van der Waals surface area contributed by atoms with Crippen molar-refractivity contribution >= 4 is 32.4 Å². The SMILES string of the molecule is Cc1cc(C)n(CCN(Cc2ccccc2)c2nc(C(=O)NS(C)(=O)=O)c(C)s2)n1. The van der Waals surface area contributed by atoms with Crippen molar-refractivity contribution in [3.63, 3.8) is 0 Å². The van der Waals surface area contributed by atoms with Crippen LogP contribution in [0.5, 0.6) is 0 Å². The molecule has 0 atom stereocenters. The number of anilines is 1. The molecule has 0 saturated carbocycles. The van der Waals surface area contributed by atoms with E-state index in [4.69, 9.17) is 0 Å². The van der Waals surface area contributed by atoms with Crippen molar-refractivity contribution in [2.75, 3.05) is 17.7 Å². The summed E-state index contributed by atoms with van der Waals surface area (Å²) in [5, 5.41) is 5.18. The third-order valence-corrected chi connectivity index (χ3v) is 6.04. The highest BCUT2D eigenvalue weighted by molar-refractivity contribution is 7.89. The summed E-state index contributed by atoms with van der Waals surface area (Å²) in [5.41, 5.74) is 3.29. The van der Waals surface area contributed by atoms with Crippen molar-refractivity contribution in [2.24, 2.45) is 0 Å². The number of rotatable bonds is 8. The van der Waals surface area contributed by atoms with Gasteiger partial charge < -0.3 is 4.90 Å². The number of aromatic nitrogens is 3.